The van der Waals surface area contributed by atoms with Crippen molar-refractivity contribution in [2.45, 2.75) is 45.2 Å². The van der Waals surface area contributed by atoms with Crippen LogP contribution in [-0.4, -0.2) is 58.5 Å². The molecule has 0 bridgehead atoms. The summed E-state index contributed by atoms with van der Waals surface area (Å²) in [4.78, 5) is 28.5. The molecule has 0 spiro atoms. The highest BCUT2D eigenvalue weighted by Crippen LogP contribution is 2.32. The first-order valence-corrected chi connectivity index (χ1v) is 15.3. The third-order valence-corrected chi connectivity index (χ3v) is 8.81. The van der Waals surface area contributed by atoms with Gasteiger partial charge in [-0.05, 0) is 67.3 Å². The molecular weight excluding hydrogens is 578 g/mol. The topological polar surface area (TPSA) is 105 Å². The van der Waals surface area contributed by atoms with Gasteiger partial charge in [0.25, 0.3) is 10.0 Å². The molecule has 1 atom stereocenters. The maximum atomic E-state index is 14.1. The van der Waals surface area contributed by atoms with Crippen molar-refractivity contribution in [1.82, 2.24) is 10.2 Å². The number of nitrogens with one attached hydrogen (secondary N) is 1. The number of hydrogen-bond acceptors (Lipinski definition) is 6. The third-order valence-electron chi connectivity index (χ3n) is 6.79. The molecule has 0 saturated carbocycles. The monoisotopic (exact) mass is 615 g/mol. The van der Waals surface area contributed by atoms with Gasteiger partial charge in [-0.25, -0.2) is 8.42 Å². The Bertz CT molecular complexity index is 1490. The normalized spacial score (nSPS) is 12.0. The van der Waals surface area contributed by atoms with Gasteiger partial charge in [0, 0.05) is 24.2 Å². The first kappa shape index (κ1) is 32.8. The van der Waals surface area contributed by atoms with Gasteiger partial charge in [0.1, 0.15) is 12.6 Å². The van der Waals surface area contributed by atoms with Gasteiger partial charge in [-0.3, -0.25) is 13.9 Å². The smallest absolute Gasteiger partial charge is 0.264 e. The van der Waals surface area contributed by atoms with Crippen molar-refractivity contribution in [2.24, 2.45) is 5.92 Å². The number of methoxy groups -OCH3 is 2. The number of halogens is 1. The van der Waals surface area contributed by atoms with Crippen LogP contribution in [0.4, 0.5) is 5.69 Å². The fraction of sp³-hybridized carbons (Fsp3) is 0.355. The van der Waals surface area contributed by atoms with E-state index < -0.39 is 28.5 Å². The molecule has 1 N–H and O–H groups in total. The molecule has 0 aliphatic rings. The molecule has 0 heterocycles. The Morgan fingerprint density at radius 1 is 0.929 bits per heavy atom. The zero-order valence-corrected chi connectivity index (χ0v) is 26.3. The number of aryl methyl sites for hydroxylation is 1. The lowest BCUT2D eigenvalue weighted by Crippen LogP contribution is -2.51. The maximum Gasteiger partial charge on any atom is 0.264 e. The number of benzene rings is 3. The van der Waals surface area contributed by atoms with Crippen molar-refractivity contribution < 1.29 is 27.5 Å². The van der Waals surface area contributed by atoms with Crippen LogP contribution in [0.5, 0.6) is 11.5 Å². The average Bonchev–Trinajstić information content (AvgIpc) is 2.97. The SMILES string of the molecule is COc1ccc(S(=O)(=O)N(CC(=O)N(Cc2ccccc2C)[C@@H](C)C(=O)NCC(C)C)c2ccc(Cl)cc2)cc1OC. The van der Waals surface area contributed by atoms with Gasteiger partial charge in [0.2, 0.25) is 11.8 Å². The molecule has 226 valence electrons. The summed E-state index contributed by atoms with van der Waals surface area (Å²) >= 11 is 6.09. The second-order valence-electron chi connectivity index (χ2n) is 10.3. The number of nitrogens with zero attached hydrogens (tertiary/aromatic N) is 2. The van der Waals surface area contributed by atoms with Crippen LogP contribution in [0, 0.1) is 12.8 Å². The molecule has 0 aliphatic carbocycles. The molecule has 0 saturated heterocycles. The number of hydrogen-bond donors (Lipinski definition) is 1. The van der Waals surface area contributed by atoms with Crippen LogP contribution in [0.25, 0.3) is 0 Å². The zero-order valence-electron chi connectivity index (χ0n) is 24.8. The van der Waals surface area contributed by atoms with Crippen LogP contribution < -0.4 is 19.1 Å². The van der Waals surface area contributed by atoms with Gasteiger partial charge < -0.3 is 19.7 Å². The van der Waals surface area contributed by atoms with Crippen LogP contribution in [0.1, 0.15) is 31.9 Å². The lowest BCUT2D eigenvalue weighted by molar-refractivity contribution is -0.139. The zero-order chi connectivity index (χ0) is 31.0. The van der Waals surface area contributed by atoms with Crippen molar-refractivity contribution in [3.63, 3.8) is 0 Å². The molecule has 3 aromatic rings. The molecule has 0 aliphatic heterocycles. The predicted molar refractivity (Wildman–Crippen MR) is 165 cm³/mol. The second kappa shape index (κ2) is 14.4. The lowest BCUT2D eigenvalue weighted by Gasteiger charge is -2.32. The average molecular weight is 616 g/mol. The molecule has 0 radical (unpaired) electrons. The number of carbonyl (C=O) groups excluding carboxylic acids is 2. The predicted octanol–water partition coefficient (Wildman–Crippen LogP) is 5.05. The summed E-state index contributed by atoms with van der Waals surface area (Å²) in [6, 6.07) is 17.0. The number of amides is 2. The fourth-order valence-electron chi connectivity index (χ4n) is 4.25. The molecule has 42 heavy (non-hydrogen) atoms. The number of carbonyl (C=O) groups is 2. The van der Waals surface area contributed by atoms with E-state index in [0.717, 1.165) is 15.4 Å². The van der Waals surface area contributed by atoms with Crippen molar-refractivity contribution in [3.05, 3.63) is 82.9 Å². The van der Waals surface area contributed by atoms with Gasteiger partial charge in [-0.1, -0.05) is 49.7 Å². The summed E-state index contributed by atoms with van der Waals surface area (Å²) in [7, 11) is -1.44. The van der Waals surface area contributed by atoms with Gasteiger partial charge in [-0.2, -0.15) is 0 Å². The molecule has 2 amide bonds. The van der Waals surface area contributed by atoms with E-state index in [1.807, 2.05) is 45.0 Å². The van der Waals surface area contributed by atoms with Crippen molar-refractivity contribution in [3.8, 4) is 11.5 Å². The largest absolute Gasteiger partial charge is 0.493 e. The van der Waals surface area contributed by atoms with E-state index in [1.54, 1.807) is 19.1 Å². The van der Waals surface area contributed by atoms with Crippen molar-refractivity contribution >= 4 is 39.1 Å². The van der Waals surface area contributed by atoms with Crippen molar-refractivity contribution in [2.75, 3.05) is 31.6 Å². The summed E-state index contributed by atoms with van der Waals surface area (Å²) in [5.74, 6) is -0.0848. The van der Waals surface area contributed by atoms with E-state index in [1.165, 1.54) is 49.5 Å². The third kappa shape index (κ3) is 7.95. The molecule has 0 fully saturated rings. The Morgan fingerprint density at radius 2 is 1.57 bits per heavy atom. The van der Waals surface area contributed by atoms with Crippen LogP contribution in [-0.2, 0) is 26.2 Å². The standard InChI is InChI=1S/C31H38ClN3O6S/c1-21(2)18-33-31(37)23(4)34(19-24-10-8-7-9-22(24)3)30(36)20-35(26-13-11-25(32)12-14-26)42(38,39)27-15-16-28(40-5)29(17-27)41-6/h7-17,21,23H,18-20H2,1-6H3,(H,33,37)/t23-/m0/s1. The van der Waals surface area contributed by atoms with E-state index in [-0.39, 0.29) is 34.7 Å². The highest BCUT2D eigenvalue weighted by atomic mass is 35.5. The summed E-state index contributed by atoms with van der Waals surface area (Å²) in [6.07, 6.45) is 0. The first-order valence-electron chi connectivity index (χ1n) is 13.5. The van der Waals surface area contributed by atoms with E-state index >= 15 is 0 Å². The van der Waals surface area contributed by atoms with Gasteiger partial charge in [0.15, 0.2) is 11.5 Å². The Balaban J connectivity index is 2.06. The molecule has 0 aromatic heterocycles. The molecular formula is C31H38ClN3O6S. The van der Waals surface area contributed by atoms with E-state index in [4.69, 9.17) is 21.1 Å². The quantitative estimate of drug-likeness (QED) is 0.289. The highest BCUT2D eigenvalue weighted by molar-refractivity contribution is 7.92. The van der Waals surface area contributed by atoms with Crippen LogP contribution in [0.3, 0.4) is 0 Å². The molecule has 11 heteroatoms. The molecule has 3 rings (SSSR count). The van der Waals surface area contributed by atoms with Crippen LogP contribution in [0.2, 0.25) is 5.02 Å². The summed E-state index contributed by atoms with van der Waals surface area (Å²) in [5, 5.41) is 3.29. The Kier molecular flexibility index (Phi) is 11.2. The Hall–Kier alpha value is -3.76. The van der Waals surface area contributed by atoms with Crippen molar-refractivity contribution in [1.29, 1.82) is 0 Å². The Morgan fingerprint density at radius 3 is 2.17 bits per heavy atom. The van der Waals surface area contributed by atoms with E-state index in [9.17, 15) is 18.0 Å². The number of sulfonamides is 1. The minimum Gasteiger partial charge on any atom is -0.493 e. The lowest BCUT2D eigenvalue weighted by atomic mass is 10.1. The summed E-state index contributed by atoms with van der Waals surface area (Å²) < 4.78 is 39.8. The summed E-state index contributed by atoms with van der Waals surface area (Å²) in [6.45, 7) is 7.51. The number of rotatable bonds is 13. The van der Waals surface area contributed by atoms with E-state index in [0.29, 0.717) is 17.3 Å². The number of ether oxygens (including phenoxy) is 2. The summed E-state index contributed by atoms with van der Waals surface area (Å²) in [5.41, 5.74) is 2.02. The van der Waals surface area contributed by atoms with E-state index in [2.05, 4.69) is 5.32 Å². The van der Waals surface area contributed by atoms with Crippen LogP contribution >= 0.6 is 11.6 Å². The second-order valence-corrected chi connectivity index (χ2v) is 12.6. The molecule has 0 unspecified atom stereocenters. The Labute approximate surface area is 253 Å². The highest BCUT2D eigenvalue weighted by Gasteiger charge is 2.33. The number of anilines is 1. The van der Waals surface area contributed by atoms with Gasteiger partial charge >= 0.3 is 0 Å². The molecule has 3 aromatic carbocycles. The molecule has 9 nitrogen and oxygen atoms in total. The minimum atomic E-state index is -4.29. The van der Waals surface area contributed by atoms with Crippen LogP contribution in [0.15, 0.2) is 71.6 Å². The first-order chi connectivity index (χ1) is 19.9. The maximum absolute atomic E-state index is 14.1. The fourth-order valence-corrected chi connectivity index (χ4v) is 5.80. The van der Waals surface area contributed by atoms with Gasteiger partial charge in [0.05, 0.1) is 24.8 Å². The van der Waals surface area contributed by atoms with Gasteiger partial charge in [-0.15, -0.1) is 0 Å². The minimum absolute atomic E-state index is 0.101.